The van der Waals surface area contributed by atoms with Crippen LogP contribution in [0.15, 0.2) is 91.0 Å². The Bertz CT molecular complexity index is 1100. The van der Waals surface area contributed by atoms with Gasteiger partial charge in [0.15, 0.2) is 0 Å². The first-order valence-corrected chi connectivity index (χ1v) is 8.42. The van der Waals surface area contributed by atoms with E-state index in [4.69, 9.17) is 0 Å². The fourth-order valence-corrected chi connectivity index (χ4v) is 3.51. The van der Waals surface area contributed by atoms with Crippen LogP contribution in [-0.4, -0.2) is 10.2 Å². The number of benzene rings is 4. The molecule has 2 nitrogen and oxygen atoms in total. The Morgan fingerprint density at radius 1 is 0.560 bits per heavy atom. The van der Waals surface area contributed by atoms with E-state index in [2.05, 4.69) is 101 Å². The van der Waals surface area contributed by atoms with Crippen LogP contribution in [0.1, 0.15) is 0 Å². The molecule has 1 aromatic heterocycles. The van der Waals surface area contributed by atoms with Crippen molar-refractivity contribution in [2.75, 3.05) is 0 Å². The molecule has 5 rings (SSSR count). The van der Waals surface area contributed by atoms with E-state index >= 15 is 0 Å². The number of nitrogens with zero attached hydrogens (tertiary/aromatic N) is 1. The monoisotopic (exact) mass is 320 g/mol. The Morgan fingerprint density at radius 2 is 1.12 bits per heavy atom. The molecule has 25 heavy (non-hydrogen) atoms. The van der Waals surface area contributed by atoms with Crippen molar-refractivity contribution < 1.29 is 0 Å². The molecular formula is C23H16N2. The molecule has 0 radical (unpaired) electrons. The van der Waals surface area contributed by atoms with E-state index < -0.39 is 0 Å². The van der Waals surface area contributed by atoms with E-state index in [-0.39, 0.29) is 0 Å². The van der Waals surface area contributed by atoms with Crippen molar-refractivity contribution in [3.8, 4) is 22.5 Å². The third-order valence-corrected chi connectivity index (χ3v) is 4.72. The van der Waals surface area contributed by atoms with Crippen LogP contribution in [0.3, 0.4) is 0 Å². The van der Waals surface area contributed by atoms with E-state index in [0.717, 1.165) is 17.0 Å². The molecular weight excluding hydrogens is 304 g/mol. The Morgan fingerprint density at radius 3 is 1.84 bits per heavy atom. The summed E-state index contributed by atoms with van der Waals surface area (Å²) < 4.78 is 0. The van der Waals surface area contributed by atoms with Crippen molar-refractivity contribution in [2.45, 2.75) is 0 Å². The van der Waals surface area contributed by atoms with E-state index in [1.165, 1.54) is 27.1 Å². The number of hydrogen-bond acceptors (Lipinski definition) is 1. The SMILES string of the molecule is c1ccc2c(-c3cc(-c4cccc5ccccc45)[nH]n3)cccc2c1. The smallest absolute Gasteiger partial charge is 0.0933 e. The van der Waals surface area contributed by atoms with Gasteiger partial charge in [0.1, 0.15) is 0 Å². The molecule has 5 aromatic rings. The molecule has 0 aliphatic rings. The fourth-order valence-electron chi connectivity index (χ4n) is 3.51. The average molecular weight is 320 g/mol. The fraction of sp³-hybridized carbons (Fsp3) is 0. The Hall–Kier alpha value is -3.39. The second-order valence-electron chi connectivity index (χ2n) is 6.22. The number of aromatic nitrogens is 2. The van der Waals surface area contributed by atoms with E-state index in [1.807, 2.05) is 0 Å². The molecule has 1 N–H and O–H groups in total. The number of hydrogen-bond donors (Lipinski definition) is 1. The summed E-state index contributed by atoms with van der Waals surface area (Å²) in [6, 6.07) is 31.7. The van der Waals surface area contributed by atoms with Crippen molar-refractivity contribution in [1.29, 1.82) is 0 Å². The number of nitrogens with one attached hydrogen (secondary N) is 1. The summed E-state index contributed by atoms with van der Waals surface area (Å²) in [7, 11) is 0. The molecule has 118 valence electrons. The second kappa shape index (κ2) is 5.60. The quantitative estimate of drug-likeness (QED) is 0.421. The highest BCUT2D eigenvalue weighted by molar-refractivity contribution is 5.98. The highest BCUT2D eigenvalue weighted by Crippen LogP contribution is 2.32. The first-order valence-electron chi connectivity index (χ1n) is 8.42. The van der Waals surface area contributed by atoms with Gasteiger partial charge < -0.3 is 0 Å². The third-order valence-electron chi connectivity index (χ3n) is 4.72. The van der Waals surface area contributed by atoms with Crippen LogP contribution in [0.4, 0.5) is 0 Å². The molecule has 0 saturated heterocycles. The van der Waals surface area contributed by atoms with Gasteiger partial charge >= 0.3 is 0 Å². The van der Waals surface area contributed by atoms with Crippen LogP contribution in [0.25, 0.3) is 44.1 Å². The largest absolute Gasteiger partial charge is 0.277 e. The molecule has 0 saturated carbocycles. The molecule has 2 heteroatoms. The Kier molecular flexibility index (Phi) is 3.14. The van der Waals surface area contributed by atoms with Crippen LogP contribution in [0, 0.1) is 0 Å². The number of aromatic amines is 1. The summed E-state index contributed by atoms with van der Waals surface area (Å²) in [4.78, 5) is 0. The second-order valence-corrected chi connectivity index (χ2v) is 6.22. The summed E-state index contributed by atoms with van der Waals surface area (Å²) in [5.41, 5.74) is 4.34. The summed E-state index contributed by atoms with van der Waals surface area (Å²) in [5.74, 6) is 0. The lowest BCUT2D eigenvalue weighted by Gasteiger charge is -2.04. The Balaban J connectivity index is 1.69. The minimum Gasteiger partial charge on any atom is -0.277 e. The van der Waals surface area contributed by atoms with Crippen LogP contribution >= 0.6 is 0 Å². The Labute approximate surface area is 145 Å². The van der Waals surface area contributed by atoms with Gasteiger partial charge in [0.05, 0.1) is 11.4 Å². The van der Waals surface area contributed by atoms with Gasteiger partial charge in [-0.15, -0.1) is 0 Å². The van der Waals surface area contributed by atoms with Crippen molar-refractivity contribution >= 4 is 21.5 Å². The highest BCUT2D eigenvalue weighted by atomic mass is 15.1. The van der Waals surface area contributed by atoms with Gasteiger partial charge in [-0.2, -0.15) is 5.10 Å². The summed E-state index contributed by atoms with van der Waals surface area (Å²) >= 11 is 0. The molecule has 1 heterocycles. The molecule has 0 aliphatic carbocycles. The summed E-state index contributed by atoms with van der Waals surface area (Å²) in [5, 5.41) is 12.7. The van der Waals surface area contributed by atoms with Crippen LogP contribution < -0.4 is 0 Å². The van der Waals surface area contributed by atoms with Gasteiger partial charge in [0.2, 0.25) is 0 Å². The van der Waals surface area contributed by atoms with Crippen molar-refractivity contribution in [3.63, 3.8) is 0 Å². The maximum Gasteiger partial charge on any atom is 0.0933 e. The standard InChI is InChI=1S/C23H16N2/c1-3-11-18-16(7-1)9-5-13-20(18)22-15-23(25-24-22)21-14-6-10-17-8-2-4-12-19(17)21/h1-15H,(H,24,25). The zero-order valence-corrected chi connectivity index (χ0v) is 13.6. The van der Waals surface area contributed by atoms with E-state index in [1.54, 1.807) is 0 Å². The van der Waals surface area contributed by atoms with Crippen molar-refractivity contribution in [2.24, 2.45) is 0 Å². The lowest BCUT2D eigenvalue weighted by molar-refractivity contribution is 1.10. The van der Waals surface area contributed by atoms with E-state index in [9.17, 15) is 0 Å². The van der Waals surface area contributed by atoms with Gasteiger partial charge in [-0.25, -0.2) is 0 Å². The van der Waals surface area contributed by atoms with E-state index in [0.29, 0.717) is 0 Å². The molecule has 0 amide bonds. The van der Waals surface area contributed by atoms with Gasteiger partial charge in [-0.3, -0.25) is 5.10 Å². The normalized spacial score (nSPS) is 11.2. The van der Waals surface area contributed by atoms with Crippen LogP contribution in [-0.2, 0) is 0 Å². The topological polar surface area (TPSA) is 28.7 Å². The molecule has 4 aromatic carbocycles. The zero-order valence-electron chi connectivity index (χ0n) is 13.6. The van der Waals surface area contributed by atoms with Crippen molar-refractivity contribution in [3.05, 3.63) is 91.0 Å². The predicted molar refractivity (Wildman–Crippen MR) is 104 cm³/mol. The number of fused-ring (bicyclic) bond motifs is 2. The maximum atomic E-state index is 4.59. The highest BCUT2D eigenvalue weighted by Gasteiger charge is 2.10. The summed E-state index contributed by atoms with van der Waals surface area (Å²) in [6.45, 7) is 0. The maximum absolute atomic E-state index is 4.59. The van der Waals surface area contributed by atoms with Gasteiger partial charge in [0.25, 0.3) is 0 Å². The molecule has 0 fully saturated rings. The molecule has 0 bridgehead atoms. The number of rotatable bonds is 2. The molecule has 0 unspecified atom stereocenters. The predicted octanol–water partition coefficient (Wildman–Crippen LogP) is 6.05. The molecule has 0 aliphatic heterocycles. The third kappa shape index (κ3) is 2.31. The minimum atomic E-state index is 0.972. The molecule has 0 spiro atoms. The van der Waals surface area contributed by atoms with Crippen LogP contribution in [0.5, 0.6) is 0 Å². The summed E-state index contributed by atoms with van der Waals surface area (Å²) in [6.07, 6.45) is 0. The lowest BCUT2D eigenvalue weighted by Crippen LogP contribution is -1.81. The molecule has 0 atom stereocenters. The lowest BCUT2D eigenvalue weighted by atomic mass is 10.00. The van der Waals surface area contributed by atoms with Crippen molar-refractivity contribution in [1.82, 2.24) is 10.2 Å². The van der Waals surface area contributed by atoms with Gasteiger partial charge in [-0.05, 0) is 27.6 Å². The first-order chi connectivity index (χ1) is 12.4. The zero-order chi connectivity index (χ0) is 16.6. The first kappa shape index (κ1) is 14.0. The van der Waals surface area contributed by atoms with Gasteiger partial charge in [-0.1, -0.05) is 84.9 Å². The minimum absolute atomic E-state index is 0.972. The van der Waals surface area contributed by atoms with Gasteiger partial charge in [0, 0.05) is 11.1 Å². The number of H-pyrrole nitrogens is 1. The van der Waals surface area contributed by atoms with Crippen LogP contribution in [0.2, 0.25) is 0 Å². The average Bonchev–Trinajstić information content (AvgIpc) is 3.17.